The second-order valence-corrected chi connectivity index (χ2v) is 7.38. The summed E-state index contributed by atoms with van der Waals surface area (Å²) in [5.74, 6) is 0.464. The van der Waals surface area contributed by atoms with Gasteiger partial charge in [-0.25, -0.2) is 4.79 Å². The number of nitrogens with one attached hydrogen (secondary N) is 2. The lowest BCUT2D eigenvalue weighted by molar-refractivity contribution is -0.125. The third kappa shape index (κ3) is 4.39. The third-order valence-electron chi connectivity index (χ3n) is 4.69. The lowest BCUT2D eigenvalue weighted by Gasteiger charge is -2.33. The Bertz CT molecular complexity index is 1090. The van der Waals surface area contributed by atoms with Gasteiger partial charge in [-0.2, -0.15) is 0 Å². The maximum absolute atomic E-state index is 12.8. The van der Waals surface area contributed by atoms with Crippen LogP contribution >= 0.6 is 11.6 Å². The summed E-state index contributed by atoms with van der Waals surface area (Å²) in [4.78, 5) is 26.8. The summed E-state index contributed by atoms with van der Waals surface area (Å²) in [5, 5.41) is 6.05. The summed E-state index contributed by atoms with van der Waals surface area (Å²) in [6, 6.07) is 21.4. The summed E-state index contributed by atoms with van der Waals surface area (Å²) >= 11 is 5.95. The van der Waals surface area contributed by atoms with E-state index >= 15 is 0 Å². The highest BCUT2D eigenvalue weighted by Gasteiger charge is 2.31. The second kappa shape index (κ2) is 8.47. The molecule has 0 aromatic heterocycles. The zero-order chi connectivity index (χ0) is 21.1. The molecule has 1 aliphatic rings. The van der Waals surface area contributed by atoms with Crippen molar-refractivity contribution >= 4 is 40.6 Å². The number of ether oxygens (including phenoxy) is 1. The van der Waals surface area contributed by atoms with E-state index in [4.69, 9.17) is 16.3 Å². The van der Waals surface area contributed by atoms with Crippen molar-refractivity contribution in [3.63, 3.8) is 0 Å². The average Bonchev–Trinajstić information content (AvgIpc) is 2.72. The highest BCUT2D eigenvalue weighted by molar-refractivity contribution is 6.30. The van der Waals surface area contributed by atoms with Crippen LogP contribution in [-0.2, 0) is 11.3 Å². The molecule has 30 heavy (non-hydrogen) atoms. The smallest absolute Gasteiger partial charge is 0.323 e. The van der Waals surface area contributed by atoms with E-state index in [1.165, 1.54) is 0 Å². The number of amides is 3. The quantitative estimate of drug-likeness (QED) is 0.600. The Balaban J connectivity index is 1.56. The Morgan fingerprint density at radius 3 is 2.47 bits per heavy atom. The van der Waals surface area contributed by atoms with Crippen LogP contribution in [0.25, 0.3) is 0 Å². The molecule has 0 aliphatic carbocycles. The molecule has 0 bridgehead atoms. The fourth-order valence-corrected chi connectivity index (χ4v) is 3.46. The monoisotopic (exact) mass is 421 g/mol. The van der Waals surface area contributed by atoms with E-state index in [1.807, 2.05) is 30.3 Å². The predicted molar refractivity (Wildman–Crippen MR) is 118 cm³/mol. The third-order valence-corrected chi connectivity index (χ3v) is 4.93. The van der Waals surface area contributed by atoms with Crippen molar-refractivity contribution in [2.75, 3.05) is 15.5 Å². The summed E-state index contributed by atoms with van der Waals surface area (Å²) in [6.07, 6.45) is -0.578. The molecule has 152 valence electrons. The first-order valence-corrected chi connectivity index (χ1v) is 9.87. The molecule has 0 saturated heterocycles. The van der Waals surface area contributed by atoms with Crippen molar-refractivity contribution in [3.8, 4) is 5.75 Å². The van der Waals surface area contributed by atoms with Gasteiger partial charge in [0.05, 0.1) is 12.2 Å². The molecular weight excluding hydrogens is 402 g/mol. The van der Waals surface area contributed by atoms with Gasteiger partial charge < -0.3 is 20.3 Å². The van der Waals surface area contributed by atoms with Gasteiger partial charge >= 0.3 is 6.03 Å². The lowest BCUT2D eigenvalue weighted by Crippen LogP contribution is -2.44. The van der Waals surface area contributed by atoms with E-state index < -0.39 is 12.1 Å². The molecular formula is C23H20ClN3O3. The van der Waals surface area contributed by atoms with Gasteiger partial charge in [-0.3, -0.25) is 4.79 Å². The fourth-order valence-electron chi connectivity index (χ4n) is 3.27. The van der Waals surface area contributed by atoms with Crippen LogP contribution in [0.3, 0.4) is 0 Å². The number of anilines is 3. The Labute approximate surface area is 179 Å². The fraction of sp³-hybridized carbons (Fsp3) is 0.130. The van der Waals surface area contributed by atoms with Gasteiger partial charge in [0.25, 0.3) is 5.91 Å². The van der Waals surface area contributed by atoms with E-state index in [1.54, 1.807) is 54.3 Å². The molecule has 0 saturated carbocycles. The molecule has 0 radical (unpaired) electrons. The Morgan fingerprint density at radius 1 is 1.00 bits per heavy atom. The molecule has 7 heteroatoms. The molecule has 6 nitrogen and oxygen atoms in total. The minimum Gasteiger partial charge on any atom is -0.479 e. The van der Waals surface area contributed by atoms with Crippen molar-refractivity contribution in [1.29, 1.82) is 0 Å². The molecule has 1 unspecified atom stereocenters. The molecule has 3 aromatic rings. The zero-order valence-electron chi connectivity index (χ0n) is 16.3. The SMILES string of the molecule is CC1Oc2ccc(NC(=O)Nc3cccc(Cl)c3)cc2N(Cc2ccccc2)C1=O. The van der Waals surface area contributed by atoms with Gasteiger partial charge in [-0.15, -0.1) is 0 Å². The Kier molecular flexibility index (Phi) is 5.59. The molecule has 1 heterocycles. The van der Waals surface area contributed by atoms with Crippen LogP contribution in [0.15, 0.2) is 72.8 Å². The van der Waals surface area contributed by atoms with Crippen LogP contribution < -0.4 is 20.3 Å². The maximum Gasteiger partial charge on any atom is 0.323 e. The van der Waals surface area contributed by atoms with E-state index in [9.17, 15) is 9.59 Å². The summed E-state index contributed by atoms with van der Waals surface area (Å²) in [7, 11) is 0. The van der Waals surface area contributed by atoms with Gasteiger partial charge in [-0.1, -0.05) is 48.0 Å². The van der Waals surface area contributed by atoms with Crippen LogP contribution in [0.2, 0.25) is 5.02 Å². The molecule has 0 spiro atoms. The molecule has 0 fully saturated rings. The highest BCUT2D eigenvalue weighted by atomic mass is 35.5. The number of nitrogens with zero attached hydrogens (tertiary/aromatic N) is 1. The topological polar surface area (TPSA) is 70.7 Å². The molecule has 1 aliphatic heterocycles. The first kappa shape index (κ1) is 19.8. The molecule has 2 N–H and O–H groups in total. The molecule has 3 amide bonds. The zero-order valence-corrected chi connectivity index (χ0v) is 17.0. The van der Waals surface area contributed by atoms with Crippen LogP contribution in [0.5, 0.6) is 5.75 Å². The molecule has 4 rings (SSSR count). The van der Waals surface area contributed by atoms with Gasteiger partial charge in [0.1, 0.15) is 5.75 Å². The summed E-state index contributed by atoms with van der Waals surface area (Å²) in [6.45, 7) is 2.15. The number of carbonyl (C=O) groups is 2. The number of carbonyl (C=O) groups excluding carboxylic acids is 2. The minimum atomic E-state index is -0.578. The number of hydrogen-bond donors (Lipinski definition) is 2. The van der Waals surface area contributed by atoms with Crippen LogP contribution in [0.4, 0.5) is 21.9 Å². The highest BCUT2D eigenvalue weighted by Crippen LogP contribution is 2.37. The Hall–Kier alpha value is -3.51. The number of benzene rings is 3. The number of hydrogen-bond acceptors (Lipinski definition) is 3. The normalized spacial score (nSPS) is 15.2. The van der Waals surface area contributed by atoms with E-state index in [2.05, 4.69) is 10.6 Å². The predicted octanol–water partition coefficient (Wildman–Crippen LogP) is 5.30. The first-order chi connectivity index (χ1) is 14.5. The van der Waals surface area contributed by atoms with E-state index in [-0.39, 0.29) is 5.91 Å². The lowest BCUT2D eigenvalue weighted by atomic mass is 10.1. The second-order valence-electron chi connectivity index (χ2n) is 6.94. The maximum atomic E-state index is 12.8. The molecule has 3 aromatic carbocycles. The Morgan fingerprint density at radius 2 is 1.73 bits per heavy atom. The van der Waals surface area contributed by atoms with Gasteiger partial charge in [0, 0.05) is 16.4 Å². The number of urea groups is 1. The first-order valence-electron chi connectivity index (χ1n) is 9.49. The van der Waals surface area contributed by atoms with E-state index in [0.717, 1.165) is 5.56 Å². The van der Waals surface area contributed by atoms with Crippen LogP contribution in [0, 0.1) is 0 Å². The summed E-state index contributed by atoms with van der Waals surface area (Å²) in [5.41, 5.74) is 2.73. The number of fused-ring (bicyclic) bond motifs is 1. The van der Waals surface area contributed by atoms with Crippen LogP contribution in [0.1, 0.15) is 12.5 Å². The number of halogens is 1. The van der Waals surface area contributed by atoms with Gasteiger partial charge in [0.15, 0.2) is 6.10 Å². The summed E-state index contributed by atoms with van der Waals surface area (Å²) < 4.78 is 5.75. The van der Waals surface area contributed by atoms with Crippen molar-refractivity contribution in [2.45, 2.75) is 19.6 Å². The van der Waals surface area contributed by atoms with E-state index in [0.29, 0.717) is 34.4 Å². The van der Waals surface area contributed by atoms with Crippen molar-refractivity contribution < 1.29 is 14.3 Å². The molecule has 1 atom stereocenters. The largest absolute Gasteiger partial charge is 0.479 e. The van der Waals surface area contributed by atoms with Crippen molar-refractivity contribution in [1.82, 2.24) is 0 Å². The standard InChI is InChI=1S/C23H20ClN3O3/c1-15-22(28)27(14-16-6-3-2-4-7-16)20-13-19(10-11-21(20)30-15)26-23(29)25-18-9-5-8-17(24)12-18/h2-13,15H,14H2,1H3,(H2,25,26,29). The van der Waals surface area contributed by atoms with Crippen LogP contribution in [-0.4, -0.2) is 18.0 Å². The average molecular weight is 422 g/mol. The van der Waals surface area contributed by atoms with Gasteiger partial charge in [0.2, 0.25) is 0 Å². The van der Waals surface area contributed by atoms with Gasteiger partial charge in [-0.05, 0) is 48.9 Å². The van der Waals surface area contributed by atoms with Crippen molar-refractivity contribution in [3.05, 3.63) is 83.4 Å². The number of rotatable bonds is 4. The van der Waals surface area contributed by atoms with Crippen molar-refractivity contribution in [2.24, 2.45) is 0 Å². The minimum absolute atomic E-state index is 0.133.